The van der Waals surface area contributed by atoms with Crippen molar-refractivity contribution < 1.29 is 0 Å². The molecule has 4 heterocycles. The molecule has 0 spiro atoms. The number of imidazole rings is 1. The third kappa shape index (κ3) is 3.20. The van der Waals surface area contributed by atoms with Crippen molar-refractivity contribution in [1.82, 2.24) is 19.3 Å². The van der Waals surface area contributed by atoms with Crippen LogP contribution >= 0.6 is 22.9 Å². The number of pyridine rings is 1. The molecule has 0 unspecified atom stereocenters. The second-order valence-corrected chi connectivity index (χ2v) is 7.51. The molecule has 23 heavy (non-hydrogen) atoms. The molecule has 0 amide bonds. The molecular formula is C16H18ClN5S. The molecule has 0 N–H and O–H groups in total. The number of anilines is 1. The van der Waals surface area contributed by atoms with Crippen LogP contribution in [0.25, 0.3) is 5.65 Å². The predicted octanol–water partition coefficient (Wildman–Crippen LogP) is 3.07. The number of hydrogen-bond acceptors (Lipinski definition) is 5. The molecule has 3 aromatic rings. The van der Waals surface area contributed by atoms with Crippen LogP contribution in [0, 0.1) is 6.92 Å². The normalized spacial score (nSPS) is 16.3. The van der Waals surface area contributed by atoms with Gasteiger partial charge in [0.2, 0.25) is 0 Å². The van der Waals surface area contributed by atoms with Crippen LogP contribution in [0.3, 0.4) is 0 Å². The van der Waals surface area contributed by atoms with E-state index >= 15 is 0 Å². The molecule has 0 atom stereocenters. The van der Waals surface area contributed by atoms with Gasteiger partial charge in [-0.05, 0) is 19.1 Å². The lowest BCUT2D eigenvalue weighted by Crippen LogP contribution is -2.46. The molecule has 1 fully saturated rings. The number of fused-ring (bicyclic) bond motifs is 1. The van der Waals surface area contributed by atoms with E-state index in [0.29, 0.717) is 0 Å². The summed E-state index contributed by atoms with van der Waals surface area (Å²) < 4.78 is 1.99. The maximum atomic E-state index is 6.03. The molecule has 1 aliphatic heterocycles. The molecular weight excluding hydrogens is 330 g/mol. The molecule has 4 rings (SSSR count). The number of aryl methyl sites for hydroxylation is 1. The second-order valence-electron chi connectivity index (χ2n) is 5.86. The van der Waals surface area contributed by atoms with Crippen LogP contribution in [0.4, 0.5) is 5.13 Å². The van der Waals surface area contributed by atoms with Gasteiger partial charge >= 0.3 is 0 Å². The minimum absolute atomic E-state index is 0.730. The Balaban J connectivity index is 1.40. The van der Waals surface area contributed by atoms with Gasteiger partial charge in [0.15, 0.2) is 5.13 Å². The van der Waals surface area contributed by atoms with Gasteiger partial charge in [0.05, 0.1) is 10.7 Å². The van der Waals surface area contributed by atoms with Crippen LogP contribution in [0.5, 0.6) is 0 Å². The molecule has 0 aliphatic carbocycles. The van der Waals surface area contributed by atoms with E-state index in [1.54, 1.807) is 11.3 Å². The smallest absolute Gasteiger partial charge is 0.185 e. The highest BCUT2D eigenvalue weighted by atomic mass is 35.5. The highest BCUT2D eigenvalue weighted by Gasteiger charge is 2.19. The fraction of sp³-hybridized carbons (Fsp3) is 0.375. The zero-order valence-electron chi connectivity index (χ0n) is 12.9. The van der Waals surface area contributed by atoms with E-state index in [0.717, 1.165) is 54.2 Å². The van der Waals surface area contributed by atoms with E-state index in [4.69, 9.17) is 11.6 Å². The number of rotatable bonds is 3. The van der Waals surface area contributed by atoms with Crippen LogP contribution in [-0.4, -0.2) is 45.4 Å². The summed E-state index contributed by atoms with van der Waals surface area (Å²) in [5.74, 6) is 0. The maximum absolute atomic E-state index is 6.03. The Kier molecular flexibility index (Phi) is 3.97. The van der Waals surface area contributed by atoms with Crippen LogP contribution in [0.2, 0.25) is 5.02 Å². The van der Waals surface area contributed by atoms with Gasteiger partial charge in [-0.1, -0.05) is 11.6 Å². The Morgan fingerprint density at radius 2 is 2.00 bits per heavy atom. The Labute approximate surface area is 144 Å². The first-order valence-electron chi connectivity index (χ1n) is 7.70. The quantitative estimate of drug-likeness (QED) is 0.729. The van der Waals surface area contributed by atoms with Gasteiger partial charge in [-0.15, -0.1) is 11.3 Å². The van der Waals surface area contributed by atoms with Gasteiger partial charge in [-0.3, -0.25) is 4.90 Å². The third-order valence-electron chi connectivity index (χ3n) is 4.10. The molecule has 0 bridgehead atoms. The van der Waals surface area contributed by atoms with E-state index in [-0.39, 0.29) is 0 Å². The molecule has 0 saturated carbocycles. The molecule has 1 saturated heterocycles. The Morgan fingerprint density at radius 3 is 2.74 bits per heavy atom. The minimum atomic E-state index is 0.730. The first-order chi connectivity index (χ1) is 11.2. The summed E-state index contributed by atoms with van der Waals surface area (Å²) in [5, 5.41) is 1.87. The highest BCUT2D eigenvalue weighted by molar-refractivity contribution is 7.15. The predicted molar refractivity (Wildman–Crippen MR) is 94.5 cm³/mol. The Hall–Kier alpha value is -1.63. The van der Waals surface area contributed by atoms with Gasteiger partial charge in [-0.25, -0.2) is 9.97 Å². The summed E-state index contributed by atoms with van der Waals surface area (Å²) in [6.07, 6.45) is 5.92. The van der Waals surface area contributed by atoms with Crippen molar-refractivity contribution in [2.24, 2.45) is 0 Å². The number of nitrogens with zero attached hydrogens (tertiary/aromatic N) is 5. The zero-order chi connectivity index (χ0) is 15.8. The summed E-state index contributed by atoms with van der Waals surface area (Å²) in [6, 6.07) is 3.83. The highest BCUT2D eigenvalue weighted by Crippen LogP contribution is 2.23. The van der Waals surface area contributed by atoms with E-state index in [1.807, 2.05) is 28.9 Å². The topological polar surface area (TPSA) is 36.7 Å². The zero-order valence-corrected chi connectivity index (χ0v) is 14.5. The average Bonchev–Trinajstić information content (AvgIpc) is 3.13. The van der Waals surface area contributed by atoms with Crippen molar-refractivity contribution in [3.05, 3.63) is 46.3 Å². The largest absolute Gasteiger partial charge is 0.346 e. The molecule has 0 aromatic carbocycles. The van der Waals surface area contributed by atoms with Gasteiger partial charge in [0.25, 0.3) is 0 Å². The van der Waals surface area contributed by atoms with E-state index in [9.17, 15) is 0 Å². The molecule has 3 aromatic heterocycles. The Bertz CT molecular complexity index is 819. The fourth-order valence-corrected chi connectivity index (χ4v) is 3.89. The van der Waals surface area contributed by atoms with Crippen LogP contribution in [-0.2, 0) is 6.54 Å². The molecule has 7 heteroatoms. The lowest BCUT2D eigenvalue weighted by molar-refractivity contribution is 0.247. The molecule has 5 nitrogen and oxygen atoms in total. The van der Waals surface area contributed by atoms with Gasteiger partial charge < -0.3 is 9.30 Å². The molecule has 0 radical (unpaired) electrons. The van der Waals surface area contributed by atoms with E-state index < -0.39 is 0 Å². The first kappa shape index (κ1) is 14.9. The number of thiazole rings is 1. The van der Waals surface area contributed by atoms with Crippen molar-refractivity contribution in [2.45, 2.75) is 13.5 Å². The van der Waals surface area contributed by atoms with Gasteiger partial charge in [-0.2, -0.15) is 0 Å². The number of piperazine rings is 1. The number of hydrogen-bond donors (Lipinski definition) is 0. The summed E-state index contributed by atoms with van der Waals surface area (Å²) in [6.45, 7) is 7.09. The van der Waals surface area contributed by atoms with Crippen LogP contribution in [0.15, 0.2) is 30.7 Å². The van der Waals surface area contributed by atoms with Crippen LogP contribution in [0.1, 0.15) is 10.6 Å². The second kappa shape index (κ2) is 6.11. The standard InChI is InChI=1S/C16H18ClN5S/c1-12-8-18-16(23-12)21-6-4-20(5-7-21)10-14-11-22-9-13(17)2-3-15(22)19-14/h2-3,8-9,11H,4-7,10H2,1H3. The summed E-state index contributed by atoms with van der Waals surface area (Å²) >= 11 is 7.80. The first-order valence-corrected chi connectivity index (χ1v) is 8.90. The van der Waals surface area contributed by atoms with Gasteiger partial charge in [0.1, 0.15) is 5.65 Å². The summed E-state index contributed by atoms with van der Waals surface area (Å²) in [5.41, 5.74) is 2.03. The van der Waals surface area contributed by atoms with Gasteiger partial charge in [0, 0.05) is 56.2 Å². The van der Waals surface area contributed by atoms with Crippen molar-refractivity contribution >= 4 is 33.7 Å². The van der Waals surface area contributed by atoms with Crippen LogP contribution < -0.4 is 4.90 Å². The molecule has 120 valence electrons. The van der Waals surface area contributed by atoms with E-state index in [1.165, 1.54) is 4.88 Å². The fourth-order valence-electron chi connectivity index (χ4n) is 2.91. The minimum Gasteiger partial charge on any atom is -0.346 e. The van der Waals surface area contributed by atoms with Crippen molar-refractivity contribution in [3.63, 3.8) is 0 Å². The summed E-state index contributed by atoms with van der Waals surface area (Å²) in [4.78, 5) is 15.2. The lowest BCUT2D eigenvalue weighted by Gasteiger charge is -2.34. The van der Waals surface area contributed by atoms with Crippen molar-refractivity contribution in [1.29, 1.82) is 0 Å². The average molecular weight is 348 g/mol. The monoisotopic (exact) mass is 347 g/mol. The maximum Gasteiger partial charge on any atom is 0.185 e. The number of halogens is 1. The molecule has 1 aliphatic rings. The third-order valence-corrected chi connectivity index (χ3v) is 5.30. The SMILES string of the molecule is Cc1cnc(N2CCN(Cc3cn4cc(Cl)ccc4n3)CC2)s1. The lowest BCUT2D eigenvalue weighted by atomic mass is 10.3. The summed E-state index contributed by atoms with van der Waals surface area (Å²) in [7, 11) is 0. The van der Waals surface area contributed by atoms with Crippen molar-refractivity contribution in [2.75, 3.05) is 31.1 Å². The van der Waals surface area contributed by atoms with E-state index in [2.05, 4.69) is 32.9 Å². The number of aromatic nitrogens is 3. The van der Waals surface area contributed by atoms with Crippen molar-refractivity contribution in [3.8, 4) is 0 Å². The Morgan fingerprint density at radius 1 is 1.17 bits per heavy atom.